The van der Waals surface area contributed by atoms with Gasteiger partial charge >= 0.3 is 18.1 Å². The average Bonchev–Trinajstić information content (AvgIpc) is 2.63. The van der Waals surface area contributed by atoms with Crippen LogP contribution in [0.4, 0.5) is 27.6 Å². The molecule has 0 spiro atoms. The van der Waals surface area contributed by atoms with Gasteiger partial charge in [0.15, 0.2) is 28.7 Å². The lowest BCUT2D eigenvalue weighted by Gasteiger charge is -2.29. The Bertz CT molecular complexity index is 1080. The van der Waals surface area contributed by atoms with Crippen LogP contribution in [0.3, 0.4) is 0 Å². The van der Waals surface area contributed by atoms with Gasteiger partial charge in [-0.2, -0.15) is 13.2 Å². The third kappa shape index (κ3) is 5.29. The molecule has 170 valence electrons. The van der Waals surface area contributed by atoms with Gasteiger partial charge in [0.2, 0.25) is 0 Å². The first-order valence-electron chi connectivity index (χ1n) is 8.74. The summed E-state index contributed by atoms with van der Waals surface area (Å²) >= 11 is 1.91. The van der Waals surface area contributed by atoms with Crippen LogP contribution in [0.15, 0.2) is 42.1 Å². The van der Waals surface area contributed by atoms with Crippen LogP contribution in [0.5, 0.6) is 11.5 Å². The Hall–Kier alpha value is -2.90. The number of hydrogen-bond acceptors (Lipinski definition) is 6. The Balaban J connectivity index is 1.92. The Morgan fingerprint density at radius 1 is 1.03 bits per heavy atom. The monoisotopic (exact) mass is 569 g/mol. The third-order valence-electron chi connectivity index (χ3n) is 3.97. The van der Waals surface area contributed by atoms with Crippen molar-refractivity contribution in [3.05, 3.63) is 62.9 Å². The number of alkyl halides is 3. The highest BCUT2D eigenvalue weighted by Gasteiger charge is 2.39. The molecule has 2 aromatic carbocycles. The quantitative estimate of drug-likeness (QED) is 0.172. The van der Waals surface area contributed by atoms with Crippen molar-refractivity contribution < 1.29 is 45.8 Å². The van der Waals surface area contributed by atoms with Crippen LogP contribution < -0.4 is 10.1 Å². The second-order valence-electron chi connectivity index (χ2n) is 6.89. The lowest BCUT2D eigenvalue weighted by atomic mass is 10.2. The van der Waals surface area contributed by atoms with E-state index in [1.165, 1.54) is 32.0 Å². The third-order valence-corrected chi connectivity index (χ3v) is 4.64. The van der Waals surface area contributed by atoms with E-state index < -0.39 is 52.4 Å². The van der Waals surface area contributed by atoms with Crippen LogP contribution >= 0.6 is 22.6 Å². The maximum atomic E-state index is 14.2. The van der Waals surface area contributed by atoms with Crippen LogP contribution in [0, 0.1) is 15.2 Å². The van der Waals surface area contributed by atoms with E-state index in [1.807, 2.05) is 22.6 Å². The van der Waals surface area contributed by atoms with Crippen molar-refractivity contribution in [1.29, 1.82) is 0 Å². The number of carbonyl (C=O) groups excluding carboxylic acids is 2. The highest BCUT2D eigenvalue weighted by atomic mass is 127. The Kier molecular flexibility index (Phi) is 6.36. The molecule has 0 bridgehead atoms. The predicted molar refractivity (Wildman–Crippen MR) is 109 cm³/mol. The minimum atomic E-state index is -4.94. The second kappa shape index (κ2) is 8.56. The number of nitrogens with one attached hydrogen (secondary N) is 1. The Morgan fingerprint density at radius 2 is 1.59 bits per heavy atom. The largest absolute Gasteiger partial charge is 0.449 e. The van der Waals surface area contributed by atoms with E-state index >= 15 is 0 Å². The van der Waals surface area contributed by atoms with E-state index in [0.717, 1.165) is 6.20 Å². The molecule has 32 heavy (non-hydrogen) atoms. The van der Waals surface area contributed by atoms with Gasteiger partial charge in [0, 0.05) is 23.6 Å². The SMILES string of the molecule is CC1(C)OC(=O)C(=CNc2cc(I)ccc2Oc2c(F)cc(C(F)(F)F)cc2F)C(=O)O1. The topological polar surface area (TPSA) is 73.9 Å². The second-order valence-corrected chi connectivity index (χ2v) is 8.14. The van der Waals surface area contributed by atoms with Gasteiger partial charge in [-0.05, 0) is 52.9 Å². The summed E-state index contributed by atoms with van der Waals surface area (Å²) in [6, 6.07) is 4.45. The summed E-state index contributed by atoms with van der Waals surface area (Å²) in [5, 5.41) is 2.59. The van der Waals surface area contributed by atoms with E-state index in [9.17, 15) is 31.5 Å². The van der Waals surface area contributed by atoms with Crippen molar-refractivity contribution in [3.8, 4) is 11.5 Å². The van der Waals surface area contributed by atoms with Gasteiger partial charge in [-0.15, -0.1) is 0 Å². The van der Waals surface area contributed by atoms with E-state index in [0.29, 0.717) is 3.57 Å². The molecule has 0 aliphatic carbocycles. The molecule has 0 atom stereocenters. The maximum Gasteiger partial charge on any atom is 0.416 e. The highest BCUT2D eigenvalue weighted by Crippen LogP contribution is 2.38. The fraction of sp³-hybridized carbons (Fsp3) is 0.200. The molecular formula is C20H13F5INO5. The van der Waals surface area contributed by atoms with Gasteiger partial charge in [0.25, 0.3) is 5.79 Å². The molecule has 1 aliphatic rings. The molecule has 3 rings (SSSR count). The summed E-state index contributed by atoms with van der Waals surface area (Å²) in [5.74, 6) is -7.77. The van der Waals surface area contributed by atoms with Crippen molar-refractivity contribution >= 4 is 40.2 Å². The number of carbonyl (C=O) groups is 2. The van der Waals surface area contributed by atoms with Gasteiger partial charge in [-0.3, -0.25) is 0 Å². The number of anilines is 1. The molecule has 1 fully saturated rings. The Labute approximate surface area is 191 Å². The molecule has 1 heterocycles. The highest BCUT2D eigenvalue weighted by molar-refractivity contribution is 14.1. The number of halogens is 6. The lowest BCUT2D eigenvalue weighted by molar-refractivity contribution is -0.222. The zero-order valence-electron chi connectivity index (χ0n) is 16.3. The van der Waals surface area contributed by atoms with E-state index in [-0.39, 0.29) is 23.6 Å². The first kappa shape index (κ1) is 23.8. The summed E-state index contributed by atoms with van der Waals surface area (Å²) in [6.07, 6.45) is -3.99. The number of esters is 2. The summed E-state index contributed by atoms with van der Waals surface area (Å²) in [6.45, 7) is 2.73. The van der Waals surface area contributed by atoms with Crippen LogP contribution in [0.25, 0.3) is 0 Å². The summed E-state index contributed by atoms with van der Waals surface area (Å²) in [4.78, 5) is 24.1. The molecule has 6 nitrogen and oxygen atoms in total. The van der Waals surface area contributed by atoms with Crippen LogP contribution in [0.2, 0.25) is 0 Å². The lowest BCUT2D eigenvalue weighted by Crippen LogP contribution is -2.42. The normalized spacial score (nSPS) is 15.7. The van der Waals surface area contributed by atoms with E-state index in [2.05, 4.69) is 5.32 Å². The molecule has 1 saturated heterocycles. The smallest absolute Gasteiger partial charge is 0.416 e. The van der Waals surface area contributed by atoms with Crippen molar-refractivity contribution in [2.24, 2.45) is 0 Å². The van der Waals surface area contributed by atoms with Crippen molar-refractivity contribution in [2.75, 3.05) is 5.32 Å². The number of rotatable bonds is 4. The average molecular weight is 569 g/mol. The molecule has 0 amide bonds. The zero-order valence-corrected chi connectivity index (χ0v) is 18.4. The number of hydrogen-bond donors (Lipinski definition) is 1. The van der Waals surface area contributed by atoms with Gasteiger partial charge in [0.05, 0.1) is 11.3 Å². The van der Waals surface area contributed by atoms with E-state index in [1.54, 1.807) is 0 Å². The molecule has 0 saturated carbocycles. The summed E-state index contributed by atoms with van der Waals surface area (Å²) in [7, 11) is 0. The molecular weight excluding hydrogens is 556 g/mol. The summed E-state index contributed by atoms with van der Waals surface area (Å²) < 4.78 is 82.2. The van der Waals surface area contributed by atoms with Gasteiger partial charge < -0.3 is 19.5 Å². The molecule has 1 N–H and O–H groups in total. The minimum Gasteiger partial charge on any atom is -0.449 e. The molecule has 0 radical (unpaired) electrons. The Morgan fingerprint density at radius 3 is 2.12 bits per heavy atom. The van der Waals surface area contributed by atoms with Gasteiger partial charge in [-0.1, -0.05) is 0 Å². The van der Waals surface area contributed by atoms with Gasteiger partial charge in [0.1, 0.15) is 0 Å². The molecule has 0 aromatic heterocycles. The van der Waals surface area contributed by atoms with Gasteiger partial charge in [-0.25, -0.2) is 18.4 Å². The summed E-state index contributed by atoms with van der Waals surface area (Å²) in [5.41, 5.74) is -1.95. The zero-order chi connectivity index (χ0) is 23.8. The number of cyclic esters (lactones) is 2. The predicted octanol–water partition coefficient (Wildman–Crippen LogP) is 5.51. The fourth-order valence-electron chi connectivity index (χ4n) is 2.56. The van der Waals surface area contributed by atoms with Crippen molar-refractivity contribution in [3.63, 3.8) is 0 Å². The van der Waals surface area contributed by atoms with Crippen molar-refractivity contribution in [2.45, 2.75) is 25.8 Å². The maximum absolute atomic E-state index is 14.2. The molecule has 1 aliphatic heterocycles. The standard InChI is InChI=1S/C20H13F5INO5/c1-19(2)31-17(28)11(18(29)32-19)8-27-14-7-10(26)3-4-15(14)30-16-12(21)5-9(6-13(16)22)20(23,24)25/h3-8,27H,1-2H3. The van der Waals surface area contributed by atoms with Crippen LogP contribution in [-0.4, -0.2) is 17.7 Å². The fourth-order valence-corrected chi connectivity index (χ4v) is 3.05. The first-order chi connectivity index (χ1) is 14.8. The molecule has 0 unspecified atom stereocenters. The number of benzene rings is 2. The first-order valence-corrected chi connectivity index (χ1v) is 9.82. The van der Waals surface area contributed by atoms with E-state index in [4.69, 9.17) is 14.2 Å². The minimum absolute atomic E-state index is 0.0496. The molecule has 2 aromatic rings. The van der Waals surface area contributed by atoms with Crippen LogP contribution in [0.1, 0.15) is 19.4 Å². The molecule has 12 heteroatoms. The van der Waals surface area contributed by atoms with Crippen molar-refractivity contribution in [1.82, 2.24) is 0 Å². The number of ether oxygens (including phenoxy) is 3. The van der Waals surface area contributed by atoms with Crippen LogP contribution in [-0.2, 0) is 25.2 Å².